The van der Waals surface area contributed by atoms with Crippen LogP contribution in [0.3, 0.4) is 0 Å². The highest BCUT2D eigenvalue weighted by Crippen LogP contribution is 2.46. The van der Waals surface area contributed by atoms with Crippen molar-refractivity contribution in [1.29, 1.82) is 0 Å². The summed E-state index contributed by atoms with van der Waals surface area (Å²) in [6, 6.07) is 5.46. The number of benzene rings is 1. The molecule has 4 unspecified atom stereocenters. The Balaban J connectivity index is 1.54. The van der Waals surface area contributed by atoms with Crippen molar-refractivity contribution in [1.82, 2.24) is 10.6 Å². The zero-order chi connectivity index (χ0) is 37.8. The lowest BCUT2D eigenvalue weighted by molar-refractivity contribution is -0.199. The van der Waals surface area contributed by atoms with Crippen molar-refractivity contribution in [3.63, 3.8) is 0 Å². The summed E-state index contributed by atoms with van der Waals surface area (Å²) >= 11 is 6.13. The summed E-state index contributed by atoms with van der Waals surface area (Å²) in [7, 11) is 0. The van der Waals surface area contributed by atoms with E-state index in [4.69, 9.17) is 9.84 Å². The van der Waals surface area contributed by atoms with Crippen molar-refractivity contribution >= 4 is 30.4 Å². The van der Waals surface area contributed by atoms with E-state index in [0.29, 0.717) is 29.1 Å². The molecule has 13 heteroatoms. The number of thiol groups is 1. The van der Waals surface area contributed by atoms with E-state index in [-0.39, 0.29) is 30.6 Å². The third-order valence-electron chi connectivity index (χ3n) is 9.46. The van der Waals surface area contributed by atoms with Gasteiger partial charge in [-0.15, -0.1) is 24.4 Å². The Hall–Kier alpha value is -3.29. The number of alkyl halides is 6. The number of allylic oxidation sites excluding steroid dienone is 7. The topological polar surface area (TPSA) is 70.6 Å². The molecule has 2 aliphatic carbocycles. The number of hydrogen-bond donors (Lipinski definition) is 4. The summed E-state index contributed by atoms with van der Waals surface area (Å²) in [6.45, 7) is 8.53. The van der Waals surface area contributed by atoms with Gasteiger partial charge in [-0.05, 0) is 102 Å². The molecule has 51 heavy (non-hydrogen) atoms. The summed E-state index contributed by atoms with van der Waals surface area (Å²) in [4.78, 5) is 12.5. The number of nitrogens with one attached hydrogen (secondary N) is 2. The Kier molecular flexibility index (Phi) is 12.8. The molecule has 0 fully saturated rings. The monoisotopic (exact) mass is 754 g/mol. The summed E-state index contributed by atoms with van der Waals surface area (Å²) in [5.41, 5.74) is 1.24. The summed E-state index contributed by atoms with van der Waals surface area (Å²) in [6.07, 6.45) is 5.51. The predicted octanol–water partition coefficient (Wildman–Crippen LogP) is 10.3. The van der Waals surface area contributed by atoms with Gasteiger partial charge < -0.3 is 20.5 Å². The smallest absolute Gasteiger partial charge is 0.412 e. The van der Waals surface area contributed by atoms with Crippen LogP contribution in [-0.2, 0) is 4.79 Å². The molecule has 4 rings (SSSR count). The zero-order valence-corrected chi connectivity index (χ0v) is 30.8. The highest BCUT2D eigenvalue weighted by atomic mass is 32.2. The Labute approximate surface area is 305 Å². The fraction of sp³-hybridized carbons (Fsp3) is 0.447. The molecule has 0 radical (unpaired) electrons. The molecule has 0 saturated heterocycles. The fourth-order valence-corrected chi connectivity index (χ4v) is 7.72. The Morgan fingerprint density at radius 1 is 1.16 bits per heavy atom. The summed E-state index contributed by atoms with van der Waals surface area (Å²) in [5.74, 6) is -0.599. The molecule has 0 bridgehead atoms. The average Bonchev–Trinajstić information content (AvgIpc) is 3.04. The minimum Gasteiger partial charge on any atom is -0.482 e. The van der Waals surface area contributed by atoms with Crippen LogP contribution >= 0.6 is 24.4 Å². The van der Waals surface area contributed by atoms with Crippen LogP contribution in [0, 0.1) is 12.3 Å². The van der Waals surface area contributed by atoms with Crippen LogP contribution in [-0.4, -0.2) is 46.9 Å². The van der Waals surface area contributed by atoms with E-state index < -0.39 is 41.5 Å². The number of rotatable bonds is 12. The Morgan fingerprint density at radius 2 is 1.88 bits per heavy atom. The fourth-order valence-electron chi connectivity index (χ4n) is 6.18. The standard InChI is InChI=1S/C38H44F6N2O3S2/c1-23-18-30(10-11-32(23)49-22-34(47)48)51-31(19-24(2)45-21-33(50)26-6-8-29(9-7-26)37(39,40)41)20-27-12-17-36(5,46-25(27)3)28-13-15-35(4,16-14-28)38(42,43)44/h6,8,10-15,18-19,21,25,31,45-46,50H,7,9,16-17,20,22H2,1-5H3,(H,47,48)/b24-19+,33-21+. The number of carbonyl (C=O) groups is 1. The van der Waals surface area contributed by atoms with Crippen molar-refractivity contribution in [2.45, 2.75) is 101 Å². The first-order valence-electron chi connectivity index (χ1n) is 16.6. The number of thioether (sulfide) groups is 1. The van der Waals surface area contributed by atoms with Crippen molar-refractivity contribution in [2.24, 2.45) is 5.41 Å². The number of carboxylic acids is 1. The van der Waals surface area contributed by atoms with Crippen LogP contribution in [0.5, 0.6) is 5.75 Å². The summed E-state index contributed by atoms with van der Waals surface area (Å²) < 4.78 is 85.4. The first-order chi connectivity index (χ1) is 23.7. The minimum atomic E-state index is -4.35. The van der Waals surface area contributed by atoms with Gasteiger partial charge in [0, 0.05) is 44.1 Å². The lowest BCUT2D eigenvalue weighted by atomic mass is 9.74. The minimum absolute atomic E-state index is 0.0795. The Bertz CT molecular complexity index is 1710. The maximum atomic E-state index is 13.6. The van der Waals surface area contributed by atoms with Gasteiger partial charge in [-0.3, -0.25) is 0 Å². The van der Waals surface area contributed by atoms with Gasteiger partial charge in [0.1, 0.15) is 5.75 Å². The van der Waals surface area contributed by atoms with Gasteiger partial charge in [0.05, 0.1) is 5.41 Å². The molecule has 1 aromatic carbocycles. The second-order valence-corrected chi connectivity index (χ2v) is 15.5. The average molecular weight is 755 g/mol. The third kappa shape index (κ3) is 10.6. The highest BCUT2D eigenvalue weighted by molar-refractivity contribution is 8.00. The van der Waals surface area contributed by atoms with Crippen LogP contribution in [0.15, 0.2) is 105 Å². The van der Waals surface area contributed by atoms with E-state index in [9.17, 15) is 31.1 Å². The lowest BCUT2D eigenvalue weighted by Gasteiger charge is -2.42. The van der Waals surface area contributed by atoms with Crippen molar-refractivity contribution in [3.8, 4) is 5.75 Å². The van der Waals surface area contributed by atoms with E-state index in [1.54, 1.807) is 36.2 Å². The first kappa shape index (κ1) is 40.5. The van der Waals surface area contributed by atoms with Gasteiger partial charge in [0.15, 0.2) is 6.61 Å². The molecular weight excluding hydrogens is 711 g/mol. The maximum Gasteiger partial charge on any atom is 0.412 e. The van der Waals surface area contributed by atoms with Gasteiger partial charge in [-0.2, -0.15) is 26.3 Å². The second kappa shape index (κ2) is 16.2. The van der Waals surface area contributed by atoms with Crippen LogP contribution in [0.4, 0.5) is 26.3 Å². The molecule has 3 aliphatic rings. The van der Waals surface area contributed by atoms with Gasteiger partial charge in [0.2, 0.25) is 0 Å². The molecule has 0 saturated carbocycles. The molecule has 278 valence electrons. The quantitative estimate of drug-likeness (QED) is 0.0738. The highest BCUT2D eigenvalue weighted by Gasteiger charge is 2.50. The molecule has 5 nitrogen and oxygen atoms in total. The molecule has 4 atom stereocenters. The lowest BCUT2D eigenvalue weighted by Crippen LogP contribution is -2.52. The van der Waals surface area contributed by atoms with Crippen LogP contribution in [0.2, 0.25) is 0 Å². The van der Waals surface area contributed by atoms with Gasteiger partial charge in [-0.1, -0.05) is 48.1 Å². The van der Waals surface area contributed by atoms with Crippen molar-refractivity contribution in [2.75, 3.05) is 6.61 Å². The number of ether oxygens (including phenoxy) is 1. The molecule has 1 aromatic rings. The second-order valence-electron chi connectivity index (χ2n) is 13.7. The maximum absolute atomic E-state index is 13.6. The van der Waals surface area contributed by atoms with Gasteiger partial charge in [0.25, 0.3) is 0 Å². The van der Waals surface area contributed by atoms with Gasteiger partial charge in [-0.25, -0.2) is 4.79 Å². The van der Waals surface area contributed by atoms with Crippen molar-refractivity contribution in [3.05, 3.63) is 105 Å². The van der Waals surface area contributed by atoms with Crippen LogP contribution < -0.4 is 15.4 Å². The van der Waals surface area contributed by atoms with E-state index in [1.807, 2.05) is 39.8 Å². The molecule has 3 N–H and O–H groups in total. The molecule has 1 heterocycles. The third-order valence-corrected chi connectivity index (χ3v) is 11.0. The number of carboxylic acid groups (broad SMARTS) is 1. The first-order valence-corrected chi connectivity index (χ1v) is 17.9. The van der Waals surface area contributed by atoms with E-state index in [1.165, 1.54) is 19.1 Å². The normalized spacial score (nSPS) is 25.4. The molecule has 1 aliphatic heterocycles. The van der Waals surface area contributed by atoms with E-state index in [2.05, 4.69) is 35.4 Å². The molecule has 0 spiro atoms. The van der Waals surface area contributed by atoms with Crippen LogP contribution in [0.1, 0.15) is 65.4 Å². The van der Waals surface area contributed by atoms with Gasteiger partial charge >= 0.3 is 18.3 Å². The van der Waals surface area contributed by atoms with E-state index >= 15 is 0 Å². The van der Waals surface area contributed by atoms with Crippen molar-refractivity contribution < 1.29 is 41.0 Å². The molecule has 0 aromatic heterocycles. The predicted molar refractivity (Wildman–Crippen MR) is 194 cm³/mol. The summed E-state index contributed by atoms with van der Waals surface area (Å²) in [5, 5.41) is 15.8. The SMILES string of the molecule is C/C(=C\C(CC1=CCC(C)(C2=CCC(C)(C(F)(F)F)C=C2)NC1C)Sc1ccc(OCC(=O)O)c(C)c1)N/C=C(/S)C1=CC=C(C(F)(F)F)CC1. The number of halogens is 6. The number of aliphatic carboxylic acids is 1. The largest absolute Gasteiger partial charge is 0.482 e. The number of hydrogen-bond acceptors (Lipinski definition) is 6. The molecular formula is C38H44F6N2O3S2. The zero-order valence-electron chi connectivity index (χ0n) is 29.1. The molecule has 0 amide bonds. The Morgan fingerprint density at radius 3 is 2.43 bits per heavy atom. The van der Waals surface area contributed by atoms with Crippen LogP contribution in [0.25, 0.3) is 0 Å². The number of aryl methyl sites for hydroxylation is 1. The van der Waals surface area contributed by atoms with E-state index in [0.717, 1.165) is 33.4 Å².